The van der Waals surface area contributed by atoms with Crippen LogP contribution in [0.1, 0.15) is 36.5 Å². The Balaban J connectivity index is 3.13. The van der Waals surface area contributed by atoms with Crippen molar-refractivity contribution in [1.82, 2.24) is 0 Å². The fourth-order valence-corrected chi connectivity index (χ4v) is 2.63. The Morgan fingerprint density at radius 3 is 1.72 bits per heavy atom. The number of hydrogen-bond donors (Lipinski definition) is 0. The maximum absolute atomic E-state index is 14.6. The van der Waals surface area contributed by atoms with Gasteiger partial charge in [0.25, 0.3) is 0 Å². The Labute approximate surface area is 139 Å². The lowest BCUT2D eigenvalue weighted by atomic mass is 9.88. The van der Waals surface area contributed by atoms with Crippen LogP contribution in [-0.2, 0) is 0 Å². The molecule has 0 bridgehead atoms. The highest BCUT2D eigenvalue weighted by Gasteiger charge is 2.32. The molecule has 0 unspecified atom stereocenters. The highest BCUT2D eigenvalue weighted by molar-refractivity contribution is 5.74. The summed E-state index contributed by atoms with van der Waals surface area (Å²) in [5.74, 6) is -13.0. The van der Waals surface area contributed by atoms with Crippen molar-refractivity contribution in [2.24, 2.45) is 0 Å². The molecule has 2 rings (SSSR count). The minimum Gasteiger partial charge on any atom is -0.206 e. The van der Waals surface area contributed by atoms with E-state index < -0.39 is 74.5 Å². The fourth-order valence-electron chi connectivity index (χ4n) is 2.63. The lowest BCUT2D eigenvalue weighted by molar-refractivity contribution is 0.433. The van der Waals surface area contributed by atoms with E-state index in [2.05, 4.69) is 6.58 Å². The van der Waals surface area contributed by atoms with Crippen LogP contribution in [0.2, 0.25) is 0 Å². The van der Waals surface area contributed by atoms with Gasteiger partial charge in [0, 0.05) is 22.3 Å². The number of halogens is 7. The number of rotatable bonds is 3. The monoisotopic (exact) mass is 362 g/mol. The molecule has 2 aromatic carbocycles. The van der Waals surface area contributed by atoms with E-state index in [0.717, 1.165) is 6.92 Å². The van der Waals surface area contributed by atoms with Crippen molar-refractivity contribution in [3.63, 3.8) is 0 Å². The number of hydrogen-bond acceptors (Lipinski definition) is 0. The van der Waals surface area contributed by atoms with Gasteiger partial charge in [0.2, 0.25) is 0 Å². The maximum atomic E-state index is 14.6. The van der Waals surface area contributed by atoms with Gasteiger partial charge in [-0.25, -0.2) is 30.7 Å². The second kappa shape index (κ2) is 6.54. The lowest BCUT2D eigenvalue weighted by Crippen LogP contribution is -2.11. The summed E-state index contributed by atoms with van der Waals surface area (Å²) < 4.78 is 99.0. The van der Waals surface area contributed by atoms with Gasteiger partial charge in [-0.1, -0.05) is 26.5 Å². The van der Waals surface area contributed by atoms with Crippen molar-refractivity contribution in [3.05, 3.63) is 64.0 Å². The van der Waals surface area contributed by atoms with Crippen LogP contribution >= 0.6 is 0 Å². The molecule has 0 N–H and O–H groups in total. The summed E-state index contributed by atoms with van der Waals surface area (Å²) in [7, 11) is 0. The molecule has 0 saturated carbocycles. The minimum absolute atomic E-state index is 0.580. The van der Waals surface area contributed by atoms with Crippen LogP contribution in [-0.4, -0.2) is 0 Å². The van der Waals surface area contributed by atoms with Gasteiger partial charge in [-0.2, -0.15) is 0 Å². The molecule has 25 heavy (non-hydrogen) atoms. The summed E-state index contributed by atoms with van der Waals surface area (Å²) in [4.78, 5) is 0. The first-order chi connectivity index (χ1) is 11.6. The van der Waals surface area contributed by atoms with Crippen molar-refractivity contribution in [1.29, 1.82) is 0 Å². The molecule has 7 heteroatoms. The van der Waals surface area contributed by atoms with Crippen molar-refractivity contribution < 1.29 is 30.7 Å². The SMILES string of the molecule is C=Cc1c(F)c(F)c(F)c(-c2c(F)c(C)c(F)c(F)c2C(C)C)c1F. The van der Waals surface area contributed by atoms with E-state index in [0.29, 0.717) is 6.08 Å². The van der Waals surface area contributed by atoms with E-state index in [1.807, 2.05) is 0 Å². The molecule has 0 nitrogen and oxygen atoms in total. The largest absolute Gasteiger partial charge is 0.206 e. The van der Waals surface area contributed by atoms with E-state index in [-0.39, 0.29) is 0 Å². The third kappa shape index (κ3) is 2.71. The molecule has 0 aliphatic heterocycles. The van der Waals surface area contributed by atoms with Crippen LogP contribution in [0, 0.1) is 47.6 Å². The Kier molecular flexibility index (Phi) is 4.97. The van der Waals surface area contributed by atoms with E-state index in [4.69, 9.17) is 0 Å². The van der Waals surface area contributed by atoms with E-state index in [1.165, 1.54) is 13.8 Å². The van der Waals surface area contributed by atoms with Crippen LogP contribution in [0.4, 0.5) is 30.7 Å². The van der Waals surface area contributed by atoms with Crippen LogP contribution in [0.3, 0.4) is 0 Å². The summed E-state index contributed by atoms with van der Waals surface area (Å²) >= 11 is 0. The van der Waals surface area contributed by atoms with Gasteiger partial charge in [0.1, 0.15) is 11.6 Å². The van der Waals surface area contributed by atoms with Gasteiger partial charge >= 0.3 is 0 Å². The third-order valence-electron chi connectivity index (χ3n) is 3.91. The Morgan fingerprint density at radius 2 is 1.24 bits per heavy atom. The zero-order valence-electron chi connectivity index (χ0n) is 13.5. The van der Waals surface area contributed by atoms with Crippen LogP contribution in [0.15, 0.2) is 6.58 Å². The first-order valence-corrected chi connectivity index (χ1v) is 7.21. The molecule has 0 heterocycles. The molecule has 0 amide bonds. The first-order valence-electron chi connectivity index (χ1n) is 7.21. The Hall–Kier alpha value is -2.31. The molecule has 0 fully saturated rings. The number of benzene rings is 2. The van der Waals surface area contributed by atoms with Gasteiger partial charge in [0.15, 0.2) is 29.1 Å². The lowest BCUT2D eigenvalue weighted by Gasteiger charge is -2.19. The smallest absolute Gasteiger partial charge is 0.195 e. The second-order valence-corrected chi connectivity index (χ2v) is 5.76. The van der Waals surface area contributed by atoms with E-state index in [9.17, 15) is 30.7 Å². The topological polar surface area (TPSA) is 0 Å². The molecule has 0 aliphatic rings. The van der Waals surface area contributed by atoms with Gasteiger partial charge in [-0.05, 0) is 12.8 Å². The highest BCUT2D eigenvalue weighted by Crippen LogP contribution is 2.41. The Bertz CT molecular complexity index is 882. The summed E-state index contributed by atoms with van der Waals surface area (Å²) in [5, 5.41) is 0. The average molecular weight is 362 g/mol. The molecule has 0 aromatic heterocycles. The van der Waals surface area contributed by atoms with Crippen molar-refractivity contribution >= 4 is 6.08 Å². The highest BCUT2D eigenvalue weighted by atomic mass is 19.2. The predicted octanol–water partition coefficient (Wildman–Crippen LogP) is 6.40. The minimum atomic E-state index is -2.07. The van der Waals surface area contributed by atoms with Gasteiger partial charge in [-0.15, -0.1) is 0 Å². The summed E-state index contributed by atoms with van der Waals surface area (Å²) in [6.07, 6.45) is 0.580. The van der Waals surface area contributed by atoms with Crippen molar-refractivity contribution in [2.75, 3.05) is 0 Å². The van der Waals surface area contributed by atoms with Crippen molar-refractivity contribution in [3.8, 4) is 11.1 Å². The van der Waals surface area contributed by atoms with Crippen LogP contribution < -0.4 is 0 Å². The van der Waals surface area contributed by atoms with Crippen LogP contribution in [0.5, 0.6) is 0 Å². The third-order valence-corrected chi connectivity index (χ3v) is 3.91. The van der Waals surface area contributed by atoms with Crippen molar-refractivity contribution in [2.45, 2.75) is 26.7 Å². The molecule has 134 valence electrons. The fraction of sp³-hybridized carbons (Fsp3) is 0.222. The zero-order chi connectivity index (χ0) is 19.2. The molecule has 2 aromatic rings. The predicted molar refractivity (Wildman–Crippen MR) is 80.5 cm³/mol. The first kappa shape index (κ1) is 19.0. The van der Waals surface area contributed by atoms with Gasteiger partial charge in [0.05, 0.1) is 5.56 Å². The molecule has 0 radical (unpaired) electrons. The van der Waals surface area contributed by atoms with E-state index in [1.54, 1.807) is 0 Å². The molecular formula is C18H13F7. The zero-order valence-corrected chi connectivity index (χ0v) is 13.5. The molecule has 0 saturated heterocycles. The quantitative estimate of drug-likeness (QED) is 0.337. The average Bonchev–Trinajstić information content (AvgIpc) is 2.55. The summed E-state index contributed by atoms with van der Waals surface area (Å²) in [5.41, 5.74) is -4.84. The summed E-state index contributed by atoms with van der Waals surface area (Å²) in [6.45, 7) is 6.62. The molecular weight excluding hydrogens is 349 g/mol. The van der Waals surface area contributed by atoms with Gasteiger partial charge in [-0.3, -0.25) is 0 Å². The standard InChI is InChI=1S/C18H13F7/c1-5-8-14(21)11(17(24)18(25)15(8)22)10-9(6(2)3)16(23)13(20)7(4)12(10)19/h5-6H,1H2,2-4H3. The molecule has 0 atom stereocenters. The normalized spacial score (nSPS) is 11.3. The second-order valence-electron chi connectivity index (χ2n) is 5.76. The summed E-state index contributed by atoms with van der Waals surface area (Å²) in [6, 6.07) is 0. The molecule has 0 spiro atoms. The van der Waals surface area contributed by atoms with E-state index >= 15 is 0 Å². The molecule has 0 aliphatic carbocycles. The van der Waals surface area contributed by atoms with Crippen LogP contribution in [0.25, 0.3) is 17.2 Å². The van der Waals surface area contributed by atoms with Gasteiger partial charge < -0.3 is 0 Å². The Morgan fingerprint density at radius 1 is 0.680 bits per heavy atom. The maximum Gasteiger partial charge on any atom is 0.195 e.